The molecule has 4 rings (SSSR count). The highest BCUT2D eigenvalue weighted by Crippen LogP contribution is 2.26. The summed E-state index contributed by atoms with van der Waals surface area (Å²) in [5, 5.41) is 6.91. The number of aryl methyl sites for hydroxylation is 2. The molecule has 0 aliphatic carbocycles. The van der Waals surface area contributed by atoms with E-state index in [1.165, 1.54) is 4.90 Å². The highest BCUT2D eigenvalue weighted by Gasteiger charge is 2.24. The second-order valence-corrected chi connectivity index (χ2v) is 8.48. The van der Waals surface area contributed by atoms with E-state index in [4.69, 9.17) is 9.26 Å². The van der Waals surface area contributed by atoms with Crippen molar-refractivity contribution in [2.24, 2.45) is 0 Å². The molecular weight excluding hydrogens is 418 g/mol. The number of nitrogens with zero attached hydrogens (tertiary/aromatic N) is 2. The minimum absolute atomic E-state index is 0.0443. The summed E-state index contributed by atoms with van der Waals surface area (Å²) in [6.45, 7) is 5.38. The monoisotopic (exact) mass is 447 g/mol. The predicted octanol–water partition coefficient (Wildman–Crippen LogP) is 3.90. The first kappa shape index (κ1) is 22.7. The van der Waals surface area contributed by atoms with Crippen molar-refractivity contribution in [2.75, 3.05) is 19.7 Å². The minimum Gasteiger partial charge on any atom is -0.376 e. The molecule has 7 nitrogen and oxygen atoms in total. The molecular formula is C26H29N3O4. The van der Waals surface area contributed by atoms with E-state index in [9.17, 15) is 9.59 Å². The summed E-state index contributed by atoms with van der Waals surface area (Å²) in [4.78, 5) is 27.5. The molecule has 172 valence electrons. The molecule has 2 heterocycles. The number of carbonyl (C=O) groups excluding carboxylic acids is 2. The van der Waals surface area contributed by atoms with Gasteiger partial charge >= 0.3 is 0 Å². The lowest BCUT2D eigenvalue weighted by Gasteiger charge is -2.22. The van der Waals surface area contributed by atoms with Crippen LogP contribution in [0.2, 0.25) is 0 Å². The molecule has 1 atom stereocenters. The predicted molar refractivity (Wildman–Crippen MR) is 125 cm³/mol. The van der Waals surface area contributed by atoms with Crippen LogP contribution in [0.25, 0.3) is 11.3 Å². The van der Waals surface area contributed by atoms with E-state index in [2.05, 4.69) is 10.5 Å². The third-order valence-electron chi connectivity index (χ3n) is 5.78. The quantitative estimate of drug-likeness (QED) is 0.566. The maximum absolute atomic E-state index is 13.3. The molecule has 1 fully saturated rings. The third-order valence-corrected chi connectivity index (χ3v) is 5.78. The molecule has 1 unspecified atom stereocenters. The molecule has 1 aromatic heterocycles. The number of nitrogens with one attached hydrogen (secondary N) is 1. The van der Waals surface area contributed by atoms with Gasteiger partial charge in [-0.15, -0.1) is 0 Å². The van der Waals surface area contributed by atoms with Gasteiger partial charge in [0.1, 0.15) is 6.54 Å². The Morgan fingerprint density at radius 1 is 1.12 bits per heavy atom. The number of benzene rings is 2. The molecule has 2 aromatic carbocycles. The Balaban J connectivity index is 1.50. The highest BCUT2D eigenvalue weighted by atomic mass is 16.5. The SMILES string of the molecule is Cc1ccc(C)c(-c2cc(C(=O)N(CC(=O)NCC3CCCO3)Cc3ccccc3)no2)c1. The van der Waals surface area contributed by atoms with Gasteiger partial charge in [-0.25, -0.2) is 0 Å². The van der Waals surface area contributed by atoms with Crippen molar-refractivity contribution >= 4 is 11.8 Å². The normalized spacial score (nSPS) is 15.4. The second kappa shape index (κ2) is 10.4. The van der Waals surface area contributed by atoms with Gasteiger partial charge in [-0.05, 0) is 43.9 Å². The Labute approximate surface area is 193 Å². The fourth-order valence-electron chi connectivity index (χ4n) is 3.93. The summed E-state index contributed by atoms with van der Waals surface area (Å²) in [6.07, 6.45) is 1.99. The standard InChI is InChI=1S/C26H29N3O4/c1-18-10-11-19(2)22(13-18)24-14-23(28-33-24)26(31)29(16-20-7-4-3-5-8-20)17-25(30)27-15-21-9-6-12-32-21/h3-5,7-8,10-11,13-14,21H,6,9,12,15-17H2,1-2H3,(H,27,30). The fraction of sp³-hybridized carbons (Fsp3) is 0.346. The van der Waals surface area contributed by atoms with E-state index < -0.39 is 0 Å². The molecule has 0 radical (unpaired) electrons. The van der Waals surface area contributed by atoms with E-state index >= 15 is 0 Å². The number of carbonyl (C=O) groups is 2. The van der Waals surface area contributed by atoms with Gasteiger partial charge in [0.05, 0.1) is 6.10 Å². The van der Waals surface area contributed by atoms with Crippen LogP contribution in [-0.4, -0.2) is 47.7 Å². The highest BCUT2D eigenvalue weighted by molar-refractivity contribution is 5.95. The van der Waals surface area contributed by atoms with Crippen LogP contribution in [0.1, 0.15) is 40.0 Å². The average Bonchev–Trinajstić information content (AvgIpc) is 3.51. The van der Waals surface area contributed by atoms with Crippen LogP contribution in [0.15, 0.2) is 59.1 Å². The van der Waals surface area contributed by atoms with Crippen LogP contribution in [0.3, 0.4) is 0 Å². The second-order valence-electron chi connectivity index (χ2n) is 8.48. The first-order valence-corrected chi connectivity index (χ1v) is 11.3. The van der Waals surface area contributed by atoms with Gasteiger partial charge in [0.15, 0.2) is 11.5 Å². The molecule has 33 heavy (non-hydrogen) atoms. The van der Waals surface area contributed by atoms with Crippen LogP contribution >= 0.6 is 0 Å². The molecule has 7 heteroatoms. The largest absolute Gasteiger partial charge is 0.376 e. The summed E-state index contributed by atoms with van der Waals surface area (Å²) < 4.78 is 11.1. The molecule has 2 amide bonds. The van der Waals surface area contributed by atoms with E-state index in [1.807, 2.05) is 62.4 Å². The Morgan fingerprint density at radius 2 is 1.94 bits per heavy atom. The molecule has 1 aliphatic rings. The van der Waals surface area contributed by atoms with E-state index in [0.717, 1.165) is 41.7 Å². The van der Waals surface area contributed by atoms with Crippen molar-refractivity contribution < 1.29 is 18.8 Å². The van der Waals surface area contributed by atoms with Crippen LogP contribution < -0.4 is 5.32 Å². The lowest BCUT2D eigenvalue weighted by Crippen LogP contribution is -2.42. The summed E-state index contributed by atoms with van der Waals surface area (Å²) in [5.41, 5.74) is 4.12. The zero-order valence-corrected chi connectivity index (χ0v) is 19.0. The Bertz CT molecular complexity index is 1100. The zero-order valence-electron chi connectivity index (χ0n) is 19.0. The van der Waals surface area contributed by atoms with Crippen LogP contribution in [0, 0.1) is 13.8 Å². The van der Waals surface area contributed by atoms with Gasteiger partial charge in [0.25, 0.3) is 5.91 Å². The van der Waals surface area contributed by atoms with Gasteiger partial charge in [-0.2, -0.15) is 0 Å². The lowest BCUT2D eigenvalue weighted by atomic mass is 10.0. The van der Waals surface area contributed by atoms with Crippen LogP contribution in [0.5, 0.6) is 0 Å². The minimum atomic E-state index is -0.355. The molecule has 0 saturated carbocycles. The summed E-state index contributed by atoms with van der Waals surface area (Å²) in [6, 6.07) is 17.3. The Morgan fingerprint density at radius 3 is 2.70 bits per heavy atom. The van der Waals surface area contributed by atoms with Crippen molar-refractivity contribution in [1.82, 2.24) is 15.4 Å². The number of aromatic nitrogens is 1. The van der Waals surface area contributed by atoms with Gasteiger partial charge in [0.2, 0.25) is 5.91 Å². The molecule has 1 aliphatic heterocycles. The Hall–Kier alpha value is -3.45. The van der Waals surface area contributed by atoms with E-state index in [-0.39, 0.29) is 30.2 Å². The summed E-state index contributed by atoms with van der Waals surface area (Å²) in [7, 11) is 0. The molecule has 0 spiro atoms. The van der Waals surface area contributed by atoms with Crippen LogP contribution in [-0.2, 0) is 16.1 Å². The summed E-state index contributed by atoms with van der Waals surface area (Å²) >= 11 is 0. The van der Waals surface area contributed by atoms with Crippen molar-refractivity contribution in [3.8, 4) is 11.3 Å². The summed E-state index contributed by atoms with van der Waals surface area (Å²) in [5.74, 6) is -0.0542. The zero-order chi connectivity index (χ0) is 23.2. The van der Waals surface area contributed by atoms with Gasteiger partial charge in [0, 0.05) is 31.3 Å². The van der Waals surface area contributed by atoms with Crippen molar-refractivity contribution in [1.29, 1.82) is 0 Å². The number of amides is 2. The number of hydrogen-bond donors (Lipinski definition) is 1. The number of rotatable bonds is 8. The average molecular weight is 448 g/mol. The van der Waals surface area contributed by atoms with E-state index in [1.54, 1.807) is 6.07 Å². The molecule has 0 bridgehead atoms. The molecule has 3 aromatic rings. The van der Waals surface area contributed by atoms with Gasteiger partial charge in [-0.1, -0.05) is 53.2 Å². The van der Waals surface area contributed by atoms with E-state index in [0.29, 0.717) is 18.8 Å². The van der Waals surface area contributed by atoms with Gasteiger partial charge in [-0.3, -0.25) is 9.59 Å². The van der Waals surface area contributed by atoms with Gasteiger partial charge < -0.3 is 19.5 Å². The number of hydrogen-bond acceptors (Lipinski definition) is 5. The fourth-order valence-corrected chi connectivity index (χ4v) is 3.93. The number of ether oxygens (including phenoxy) is 1. The maximum atomic E-state index is 13.3. The first-order valence-electron chi connectivity index (χ1n) is 11.3. The first-order chi connectivity index (χ1) is 16.0. The molecule has 1 N–H and O–H groups in total. The lowest BCUT2D eigenvalue weighted by molar-refractivity contribution is -0.122. The third kappa shape index (κ3) is 5.87. The van der Waals surface area contributed by atoms with Crippen molar-refractivity contribution in [3.63, 3.8) is 0 Å². The van der Waals surface area contributed by atoms with Crippen LogP contribution in [0.4, 0.5) is 0 Å². The van der Waals surface area contributed by atoms with Crippen molar-refractivity contribution in [3.05, 3.63) is 77.0 Å². The van der Waals surface area contributed by atoms with Crippen molar-refractivity contribution in [2.45, 2.75) is 39.3 Å². The molecule has 1 saturated heterocycles. The smallest absolute Gasteiger partial charge is 0.276 e. The maximum Gasteiger partial charge on any atom is 0.276 e. The topological polar surface area (TPSA) is 84.7 Å². The Kier molecular flexibility index (Phi) is 7.19.